The fourth-order valence-electron chi connectivity index (χ4n) is 4.45. The van der Waals surface area contributed by atoms with Crippen LogP contribution in [0.3, 0.4) is 0 Å². The Morgan fingerprint density at radius 3 is 2.14 bits per heavy atom. The number of hydrogen-bond donors (Lipinski definition) is 1. The zero-order valence-electron chi connectivity index (χ0n) is 20.3. The van der Waals surface area contributed by atoms with Crippen LogP contribution in [-0.4, -0.2) is 23.8 Å². The second kappa shape index (κ2) is 8.21. The molecule has 3 aromatic carbocycles. The molecule has 35 heavy (non-hydrogen) atoms. The van der Waals surface area contributed by atoms with Crippen molar-refractivity contribution in [1.29, 1.82) is 0 Å². The Balaban J connectivity index is 1.42. The minimum Gasteiger partial charge on any atom is -0.427 e. The lowest BCUT2D eigenvalue weighted by Crippen LogP contribution is -2.49. The quantitative estimate of drug-likeness (QED) is 0.254. The van der Waals surface area contributed by atoms with Crippen LogP contribution in [0.15, 0.2) is 72.8 Å². The lowest BCUT2D eigenvalue weighted by molar-refractivity contribution is -0.0893. The van der Waals surface area contributed by atoms with Crippen LogP contribution in [0.4, 0.5) is 16.4 Å². The van der Waals surface area contributed by atoms with Gasteiger partial charge in [0.1, 0.15) is 5.00 Å². The molecule has 3 heterocycles. The molecule has 6 heteroatoms. The van der Waals surface area contributed by atoms with E-state index in [2.05, 4.69) is 77.7 Å². The number of benzene rings is 3. The van der Waals surface area contributed by atoms with Gasteiger partial charge in [0.05, 0.1) is 16.9 Å². The third-order valence-corrected chi connectivity index (χ3v) is 9.55. The van der Waals surface area contributed by atoms with Gasteiger partial charge in [-0.2, -0.15) is 0 Å². The van der Waals surface area contributed by atoms with Gasteiger partial charge in [-0.3, -0.25) is 4.90 Å². The van der Waals surface area contributed by atoms with E-state index in [1.165, 1.54) is 41.3 Å². The topological polar surface area (TPSA) is 32.7 Å². The average molecular weight is 496 g/mol. The van der Waals surface area contributed by atoms with Crippen LogP contribution in [0, 0.1) is 0 Å². The molecule has 0 atom stereocenters. The van der Waals surface area contributed by atoms with Crippen LogP contribution in [-0.2, 0) is 11.1 Å². The van der Waals surface area contributed by atoms with E-state index in [9.17, 15) is 5.11 Å². The molecule has 2 aromatic heterocycles. The first kappa shape index (κ1) is 22.8. The summed E-state index contributed by atoms with van der Waals surface area (Å²) in [5, 5.41) is 14.4. The molecule has 1 aliphatic heterocycles. The maximum atomic E-state index is 10.4. The van der Waals surface area contributed by atoms with Gasteiger partial charge in [0.2, 0.25) is 0 Å². The first-order valence-electron chi connectivity index (χ1n) is 11.9. The Labute approximate surface area is 214 Å². The molecule has 1 aliphatic rings. The van der Waals surface area contributed by atoms with E-state index in [4.69, 9.17) is 4.65 Å². The van der Waals surface area contributed by atoms with Gasteiger partial charge in [0, 0.05) is 37.3 Å². The number of aliphatic hydroxyl groups is 1. The van der Waals surface area contributed by atoms with Crippen molar-refractivity contribution in [3.05, 3.63) is 83.2 Å². The lowest BCUT2D eigenvalue weighted by atomic mass is 9.82. The average Bonchev–Trinajstić information content (AvgIpc) is 3.39. The smallest absolute Gasteiger partial charge is 0.330 e. The van der Waals surface area contributed by atoms with Gasteiger partial charge < -0.3 is 9.76 Å². The fraction of sp³-hybridized carbons (Fsp3) is 0.241. The Bertz CT molecular complexity index is 1540. The SMILES string of the molecule is CC(C)(O)C(C)(C)O[B]c1ccc(N2c3sc4ccccc4c3Cc3sc4ccccc4c32)cc1. The first-order chi connectivity index (χ1) is 16.7. The molecule has 0 bridgehead atoms. The Morgan fingerprint density at radius 2 is 1.46 bits per heavy atom. The zero-order valence-corrected chi connectivity index (χ0v) is 22.0. The maximum absolute atomic E-state index is 10.4. The summed E-state index contributed by atoms with van der Waals surface area (Å²) in [5.74, 6) is 0. The van der Waals surface area contributed by atoms with Gasteiger partial charge >= 0.3 is 7.48 Å². The van der Waals surface area contributed by atoms with E-state index < -0.39 is 11.2 Å². The number of thiophene rings is 2. The summed E-state index contributed by atoms with van der Waals surface area (Å²) < 4.78 is 8.63. The van der Waals surface area contributed by atoms with Crippen molar-refractivity contribution in [2.45, 2.75) is 45.3 Å². The van der Waals surface area contributed by atoms with Crippen molar-refractivity contribution < 1.29 is 9.76 Å². The number of rotatable bonds is 5. The summed E-state index contributed by atoms with van der Waals surface area (Å²) in [4.78, 5) is 3.86. The minimum atomic E-state index is -0.953. The van der Waals surface area contributed by atoms with E-state index in [0.29, 0.717) is 0 Å². The molecule has 0 saturated heterocycles. The molecule has 0 aliphatic carbocycles. The summed E-state index contributed by atoms with van der Waals surface area (Å²) in [7, 11) is 1.74. The zero-order chi connectivity index (χ0) is 24.4. The summed E-state index contributed by atoms with van der Waals surface area (Å²) >= 11 is 3.77. The predicted octanol–water partition coefficient (Wildman–Crippen LogP) is 7.30. The van der Waals surface area contributed by atoms with Crippen LogP contribution in [0.25, 0.3) is 20.2 Å². The third-order valence-electron chi connectivity index (χ3n) is 7.19. The van der Waals surface area contributed by atoms with Crippen molar-refractivity contribution in [2.24, 2.45) is 0 Å². The molecule has 5 aromatic rings. The maximum Gasteiger partial charge on any atom is 0.330 e. The standard InChI is InChI=1S/C29H27BNO2S2/c1-28(2,32)29(3,4)33-30-18-13-15-19(16-14-18)31-26-21-10-6-8-12-24(21)34-25(26)17-22-20-9-5-7-11-23(20)35-27(22)31/h5-16,32H,17H2,1-4H3. The largest absolute Gasteiger partial charge is 0.427 e. The van der Waals surface area contributed by atoms with E-state index in [0.717, 1.165) is 17.6 Å². The summed E-state index contributed by atoms with van der Waals surface area (Å²) in [5.41, 5.74) is 3.17. The fourth-order valence-corrected chi connectivity index (χ4v) is 6.91. The van der Waals surface area contributed by atoms with E-state index in [1.807, 2.05) is 36.5 Å². The van der Waals surface area contributed by atoms with Crippen LogP contribution < -0.4 is 10.4 Å². The second-order valence-corrected chi connectivity index (χ2v) is 12.3. The number of anilines is 3. The highest BCUT2D eigenvalue weighted by Gasteiger charge is 2.36. The molecule has 0 amide bonds. The number of hydrogen-bond acceptors (Lipinski definition) is 5. The van der Waals surface area contributed by atoms with Gasteiger partial charge in [-0.1, -0.05) is 54.0 Å². The van der Waals surface area contributed by atoms with Crippen molar-refractivity contribution in [2.75, 3.05) is 4.90 Å². The lowest BCUT2D eigenvalue weighted by Gasteiger charge is -2.37. The summed E-state index contributed by atoms with van der Waals surface area (Å²) in [6, 6.07) is 26.0. The van der Waals surface area contributed by atoms with Crippen molar-refractivity contribution in [1.82, 2.24) is 0 Å². The summed E-state index contributed by atoms with van der Waals surface area (Å²) in [6.07, 6.45) is 0.969. The van der Waals surface area contributed by atoms with Gasteiger partial charge in [-0.15, -0.1) is 22.7 Å². The van der Waals surface area contributed by atoms with Gasteiger partial charge in [0.15, 0.2) is 0 Å². The second-order valence-electron chi connectivity index (χ2n) is 10.2. The Morgan fingerprint density at radius 1 is 0.829 bits per heavy atom. The highest BCUT2D eigenvalue weighted by Crippen LogP contribution is 2.54. The van der Waals surface area contributed by atoms with Gasteiger partial charge in [-0.05, 0) is 57.3 Å². The molecule has 0 unspecified atom stereocenters. The molecule has 6 rings (SSSR count). The normalized spacial score (nSPS) is 13.8. The van der Waals surface area contributed by atoms with Gasteiger partial charge in [-0.25, -0.2) is 0 Å². The monoisotopic (exact) mass is 496 g/mol. The summed E-state index contributed by atoms with van der Waals surface area (Å²) in [6.45, 7) is 7.34. The van der Waals surface area contributed by atoms with Crippen LogP contribution >= 0.6 is 22.7 Å². The molecule has 0 spiro atoms. The van der Waals surface area contributed by atoms with Crippen molar-refractivity contribution in [3.63, 3.8) is 0 Å². The molecule has 1 N–H and O–H groups in total. The minimum absolute atomic E-state index is 0.699. The highest BCUT2D eigenvalue weighted by atomic mass is 32.1. The van der Waals surface area contributed by atoms with Crippen LogP contribution in [0.2, 0.25) is 0 Å². The Kier molecular flexibility index (Phi) is 5.35. The number of nitrogens with zero attached hydrogens (tertiary/aromatic N) is 1. The molecular weight excluding hydrogens is 469 g/mol. The molecular formula is C29H27BNO2S2. The first-order valence-corrected chi connectivity index (χ1v) is 13.5. The number of fused-ring (bicyclic) bond motifs is 6. The predicted molar refractivity (Wildman–Crippen MR) is 152 cm³/mol. The Hall–Kier alpha value is -2.64. The van der Waals surface area contributed by atoms with Crippen molar-refractivity contribution >= 4 is 72.2 Å². The van der Waals surface area contributed by atoms with E-state index >= 15 is 0 Å². The van der Waals surface area contributed by atoms with Gasteiger partial charge in [0.25, 0.3) is 0 Å². The molecule has 0 fully saturated rings. The molecule has 3 nitrogen and oxygen atoms in total. The molecule has 0 saturated carbocycles. The van der Waals surface area contributed by atoms with E-state index in [-0.39, 0.29) is 0 Å². The third kappa shape index (κ3) is 3.80. The molecule has 1 radical (unpaired) electrons. The molecule has 175 valence electrons. The van der Waals surface area contributed by atoms with E-state index in [1.54, 1.807) is 21.3 Å². The highest BCUT2D eigenvalue weighted by molar-refractivity contribution is 7.23. The van der Waals surface area contributed by atoms with Crippen LogP contribution in [0.5, 0.6) is 0 Å². The van der Waals surface area contributed by atoms with Crippen molar-refractivity contribution in [3.8, 4) is 0 Å². The van der Waals surface area contributed by atoms with Crippen LogP contribution in [0.1, 0.15) is 38.1 Å².